The third-order valence-electron chi connectivity index (χ3n) is 3.37. The third kappa shape index (κ3) is 2.40. The van der Waals surface area contributed by atoms with Crippen LogP contribution in [-0.2, 0) is 7.05 Å². The normalized spacial score (nSPS) is 10.9. The lowest BCUT2D eigenvalue weighted by Crippen LogP contribution is -2.27. The highest BCUT2D eigenvalue weighted by molar-refractivity contribution is 6.42. The summed E-state index contributed by atoms with van der Waals surface area (Å²) in [5.41, 5.74) is 0.755. The minimum absolute atomic E-state index is 0.139. The van der Waals surface area contributed by atoms with Gasteiger partial charge < -0.3 is 4.57 Å². The van der Waals surface area contributed by atoms with Gasteiger partial charge in [0.15, 0.2) is 5.69 Å². The zero-order valence-electron chi connectivity index (χ0n) is 11.5. The largest absolute Gasteiger partial charge is 0.308 e. The molecule has 0 unspecified atom stereocenters. The zero-order chi connectivity index (χ0) is 15.9. The van der Waals surface area contributed by atoms with Crippen LogP contribution in [-0.4, -0.2) is 15.3 Å². The summed E-state index contributed by atoms with van der Waals surface area (Å²) in [6.07, 6.45) is 0. The Morgan fingerprint density at radius 3 is 2.41 bits per heavy atom. The van der Waals surface area contributed by atoms with Crippen LogP contribution in [0.5, 0.6) is 0 Å². The molecule has 0 aliphatic rings. The van der Waals surface area contributed by atoms with Gasteiger partial charge in [0.1, 0.15) is 0 Å². The summed E-state index contributed by atoms with van der Waals surface area (Å²) in [4.78, 5) is 29.1. The Morgan fingerprint density at radius 1 is 1.09 bits per heavy atom. The molecule has 3 aromatic rings. The van der Waals surface area contributed by atoms with Crippen LogP contribution in [0.2, 0.25) is 10.0 Å². The molecule has 0 aliphatic heterocycles. The minimum Gasteiger partial charge on any atom is -0.308 e. The van der Waals surface area contributed by atoms with E-state index < -0.39 is 11.3 Å². The predicted molar refractivity (Wildman–Crippen MR) is 86.9 cm³/mol. The summed E-state index contributed by atoms with van der Waals surface area (Å²) < 4.78 is 1.35. The van der Waals surface area contributed by atoms with Crippen molar-refractivity contribution in [2.75, 3.05) is 0 Å². The fourth-order valence-electron chi connectivity index (χ4n) is 2.19. The molecule has 0 N–H and O–H groups in total. The number of halogens is 2. The number of ketones is 1. The molecular weight excluding hydrogens is 323 g/mol. The van der Waals surface area contributed by atoms with Crippen molar-refractivity contribution >= 4 is 40.0 Å². The first-order valence-electron chi connectivity index (χ1n) is 6.44. The highest BCUT2D eigenvalue weighted by Gasteiger charge is 2.18. The molecule has 0 saturated heterocycles. The van der Waals surface area contributed by atoms with Gasteiger partial charge >= 0.3 is 0 Å². The van der Waals surface area contributed by atoms with Gasteiger partial charge in [-0.2, -0.15) is 0 Å². The van der Waals surface area contributed by atoms with Gasteiger partial charge in [-0.25, -0.2) is 4.98 Å². The highest BCUT2D eigenvalue weighted by atomic mass is 35.5. The van der Waals surface area contributed by atoms with Crippen molar-refractivity contribution in [2.24, 2.45) is 7.05 Å². The summed E-state index contributed by atoms with van der Waals surface area (Å²) in [7, 11) is 1.57. The number of hydrogen-bond donors (Lipinski definition) is 0. The first-order chi connectivity index (χ1) is 10.5. The Labute approximate surface area is 135 Å². The summed E-state index contributed by atoms with van der Waals surface area (Å²) >= 11 is 12.0. The summed E-state index contributed by atoms with van der Waals surface area (Å²) in [5.74, 6) is -0.422. The Kier molecular flexibility index (Phi) is 3.72. The van der Waals surface area contributed by atoms with Crippen LogP contribution in [0.4, 0.5) is 0 Å². The number of rotatable bonds is 2. The van der Waals surface area contributed by atoms with Crippen molar-refractivity contribution in [1.82, 2.24) is 9.55 Å². The predicted octanol–water partition coefficient (Wildman–Crippen LogP) is 3.47. The van der Waals surface area contributed by atoms with Gasteiger partial charge in [-0.05, 0) is 12.1 Å². The molecule has 2 aromatic carbocycles. The number of hydrogen-bond acceptors (Lipinski definition) is 3. The summed E-state index contributed by atoms with van der Waals surface area (Å²) in [6, 6.07) is 11.6. The van der Waals surface area contributed by atoms with E-state index in [-0.39, 0.29) is 5.69 Å². The van der Waals surface area contributed by atoms with E-state index in [1.54, 1.807) is 49.5 Å². The van der Waals surface area contributed by atoms with Gasteiger partial charge in [0.2, 0.25) is 5.78 Å². The molecule has 1 aromatic heterocycles. The smallest absolute Gasteiger partial charge is 0.280 e. The summed E-state index contributed by atoms with van der Waals surface area (Å²) in [5, 5.41) is 0.645. The molecule has 110 valence electrons. The molecule has 0 radical (unpaired) electrons. The molecule has 4 nitrogen and oxygen atoms in total. The van der Waals surface area contributed by atoms with Crippen LogP contribution in [0.25, 0.3) is 11.0 Å². The second-order valence-corrected chi connectivity index (χ2v) is 5.59. The van der Waals surface area contributed by atoms with Crippen molar-refractivity contribution in [2.45, 2.75) is 0 Å². The topological polar surface area (TPSA) is 52.0 Å². The Hall–Kier alpha value is -2.17. The van der Waals surface area contributed by atoms with E-state index in [1.807, 2.05) is 0 Å². The lowest BCUT2D eigenvalue weighted by atomic mass is 10.1. The molecule has 3 rings (SSSR count). The van der Waals surface area contributed by atoms with Crippen LogP contribution < -0.4 is 5.56 Å². The second kappa shape index (κ2) is 5.55. The molecule has 22 heavy (non-hydrogen) atoms. The van der Waals surface area contributed by atoms with Crippen LogP contribution >= 0.6 is 23.2 Å². The number of aromatic nitrogens is 2. The number of carbonyl (C=O) groups is 1. The fraction of sp³-hybridized carbons (Fsp3) is 0.0625. The van der Waals surface area contributed by atoms with Gasteiger partial charge in [0.25, 0.3) is 5.56 Å². The molecule has 0 aliphatic carbocycles. The number of benzene rings is 2. The first-order valence-corrected chi connectivity index (χ1v) is 7.20. The van der Waals surface area contributed by atoms with E-state index in [9.17, 15) is 9.59 Å². The van der Waals surface area contributed by atoms with E-state index in [4.69, 9.17) is 23.2 Å². The minimum atomic E-state index is -0.472. The Balaban J connectivity index is 2.28. The molecule has 0 spiro atoms. The lowest BCUT2D eigenvalue weighted by molar-refractivity contribution is 0.103. The van der Waals surface area contributed by atoms with Crippen LogP contribution in [0, 0.1) is 0 Å². The zero-order valence-corrected chi connectivity index (χ0v) is 13.0. The lowest BCUT2D eigenvalue weighted by Gasteiger charge is -2.08. The molecule has 1 heterocycles. The molecule has 0 atom stereocenters. The second-order valence-electron chi connectivity index (χ2n) is 4.77. The van der Waals surface area contributed by atoms with E-state index in [0.717, 1.165) is 0 Å². The van der Waals surface area contributed by atoms with Crippen molar-refractivity contribution in [3.05, 3.63) is 74.1 Å². The number of carbonyl (C=O) groups excluding carboxylic acids is 1. The average Bonchev–Trinajstić information content (AvgIpc) is 2.53. The van der Waals surface area contributed by atoms with Crippen molar-refractivity contribution in [1.29, 1.82) is 0 Å². The van der Waals surface area contributed by atoms with Crippen molar-refractivity contribution in [3.63, 3.8) is 0 Å². The summed E-state index contributed by atoms with van der Waals surface area (Å²) in [6.45, 7) is 0. The third-order valence-corrected chi connectivity index (χ3v) is 4.09. The van der Waals surface area contributed by atoms with Crippen molar-refractivity contribution < 1.29 is 4.79 Å². The van der Waals surface area contributed by atoms with E-state index in [0.29, 0.717) is 26.6 Å². The Bertz CT molecular complexity index is 950. The maximum atomic E-state index is 12.5. The quantitative estimate of drug-likeness (QED) is 0.675. The maximum Gasteiger partial charge on any atom is 0.280 e. The van der Waals surface area contributed by atoms with Crippen LogP contribution in [0.3, 0.4) is 0 Å². The molecular formula is C16H10Cl2N2O2. The van der Waals surface area contributed by atoms with Gasteiger partial charge in [-0.3, -0.25) is 9.59 Å². The van der Waals surface area contributed by atoms with Crippen LogP contribution in [0.15, 0.2) is 47.3 Å². The SMILES string of the molecule is Cn1c(=O)c(C(=O)c2ccccc2)nc2cc(Cl)c(Cl)cc21. The van der Waals surface area contributed by atoms with Gasteiger partial charge in [-0.15, -0.1) is 0 Å². The Morgan fingerprint density at radius 2 is 1.73 bits per heavy atom. The first kappa shape index (κ1) is 14.8. The van der Waals surface area contributed by atoms with Crippen LogP contribution in [0.1, 0.15) is 16.1 Å². The number of fused-ring (bicyclic) bond motifs is 1. The molecule has 0 amide bonds. The molecule has 6 heteroatoms. The van der Waals surface area contributed by atoms with E-state index in [2.05, 4.69) is 4.98 Å². The van der Waals surface area contributed by atoms with Gasteiger partial charge in [0.05, 0.1) is 21.1 Å². The average molecular weight is 333 g/mol. The van der Waals surface area contributed by atoms with E-state index >= 15 is 0 Å². The number of nitrogens with zero attached hydrogens (tertiary/aromatic N) is 2. The standard InChI is InChI=1S/C16H10Cl2N2O2/c1-20-13-8-11(18)10(17)7-12(13)19-14(16(20)22)15(21)9-5-3-2-4-6-9/h2-8H,1H3. The fourth-order valence-corrected chi connectivity index (χ4v) is 2.51. The highest BCUT2D eigenvalue weighted by Crippen LogP contribution is 2.26. The van der Waals surface area contributed by atoms with E-state index in [1.165, 1.54) is 4.57 Å². The van der Waals surface area contributed by atoms with Crippen molar-refractivity contribution in [3.8, 4) is 0 Å². The monoisotopic (exact) mass is 332 g/mol. The molecule has 0 saturated carbocycles. The van der Waals surface area contributed by atoms with Gasteiger partial charge in [0, 0.05) is 12.6 Å². The molecule has 0 fully saturated rings. The molecule has 0 bridgehead atoms. The van der Waals surface area contributed by atoms with Gasteiger partial charge in [-0.1, -0.05) is 53.5 Å². The maximum absolute atomic E-state index is 12.5. The number of aryl methyl sites for hydroxylation is 1.